The van der Waals surface area contributed by atoms with E-state index in [9.17, 15) is 4.79 Å². The largest absolute Gasteiger partial charge is 0.383 e. The quantitative estimate of drug-likeness (QED) is 0.640. The molecular formula is C12H15N5O. The fraction of sp³-hybridized carbons (Fsp3) is 0.167. The van der Waals surface area contributed by atoms with E-state index in [1.807, 2.05) is 30.3 Å². The molecule has 0 radical (unpaired) electrons. The first-order valence-electron chi connectivity index (χ1n) is 5.50. The van der Waals surface area contributed by atoms with Gasteiger partial charge in [0.05, 0.1) is 12.2 Å². The van der Waals surface area contributed by atoms with Crippen molar-refractivity contribution in [2.75, 3.05) is 5.73 Å². The number of aromatic nitrogens is 2. The zero-order valence-electron chi connectivity index (χ0n) is 9.73. The summed E-state index contributed by atoms with van der Waals surface area (Å²) >= 11 is 0. The fourth-order valence-corrected chi connectivity index (χ4v) is 1.86. The molecule has 0 amide bonds. The van der Waals surface area contributed by atoms with Crippen molar-refractivity contribution in [3.63, 3.8) is 0 Å². The lowest BCUT2D eigenvalue weighted by atomic mass is 10.0. The molecule has 1 unspecified atom stereocenters. The molecule has 0 bridgehead atoms. The van der Waals surface area contributed by atoms with E-state index >= 15 is 0 Å². The Labute approximate surface area is 104 Å². The molecular weight excluding hydrogens is 230 g/mol. The van der Waals surface area contributed by atoms with Gasteiger partial charge in [-0.2, -0.15) is 4.98 Å². The average molecular weight is 245 g/mol. The summed E-state index contributed by atoms with van der Waals surface area (Å²) in [6, 6.07) is 10.4. The van der Waals surface area contributed by atoms with Gasteiger partial charge in [-0.15, -0.1) is 0 Å². The van der Waals surface area contributed by atoms with Gasteiger partial charge in [0.2, 0.25) is 0 Å². The molecule has 0 saturated heterocycles. The molecule has 0 fully saturated rings. The molecule has 1 heterocycles. The number of nitrogens with two attached hydrogens (primary N) is 3. The fourth-order valence-electron chi connectivity index (χ4n) is 1.86. The molecule has 0 aliphatic heterocycles. The van der Waals surface area contributed by atoms with Crippen LogP contribution in [0.4, 0.5) is 5.82 Å². The Balaban J connectivity index is 2.52. The third kappa shape index (κ3) is 2.39. The highest BCUT2D eigenvalue weighted by molar-refractivity contribution is 5.26. The molecule has 2 rings (SSSR count). The molecule has 0 aliphatic rings. The van der Waals surface area contributed by atoms with Gasteiger partial charge in [-0.05, 0) is 11.6 Å². The van der Waals surface area contributed by atoms with Crippen molar-refractivity contribution < 1.29 is 0 Å². The van der Waals surface area contributed by atoms with Gasteiger partial charge in [-0.1, -0.05) is 30.3 Å². The van der Waals surface area contributed by atoms with Crippen LogP contribution in [0.2, 0.25) is 0 Å². The van der Waals surface area contributed by atoms with Crippen LogP contribution in [0, 0.1) is 0 Å². The molecule has 2 aromatic rings. The molecule has 6 heteroatoms. The van der Waals surface area contributed by atoms with Crippen molar-refractivity contribution in [1.29, 1.82) is 0 Å². The van der Waals surface area contributed by atoms with Gasteiger partial charge in [-0.3, -0.25) is 4.57 Å². The normalized spacial score (nSPS) is 12.6. The van der Waals surface area contributed by atoms with Crippen molar-refractivity contribution >= 4 is 5.82 Å². The number of rotatable bonds is 3. The van der Waals surface area contributed by atoms with E-state index in [0.717, 1.165) is 5.56 Å². The molecule has 1 aromatic heterocycles. The van der Waals surface area contributed by atoms with Crippen LogP contribution in [0.5, 0.6) is 0 Å². The molecule has 0 aliphatic carbocycles. The number of nitrogens with zero attached hydrogens (tertiary/aromatic N) is 2. The Morgan fingerprint density at radius 2 is 1.78 bits per heavy atom. The summed E-state index contributed by atoms with van der Waals surface area (Å²) in [6.07, 6.45) is 0.838. The van der Waals surface area contributed by atoms with Crippen LogP contribution in [0.25, 0.3) is 0 Å². The smallest absolute Gasteiger partial charge is 0.350 e. The van der Waals surface area contributed by atoms with Gasteiger partial charge in [0.25, 0.3) is 0 Å². The third-order valence-corrected chi connectivity index (χ3v) is 2.66. The number of anilines is 1. The first kappa shape index (κ1) is 12.3. The highest BCUT2D eigenvalue weighted by Crippen LogP contribution is 2.17. The predicted octanol–water partition coefficient (Wildman–Crippen LogP) is -0.342. The number of hydrogen-bond donors (Lipinski definition) is 3. The van der Waals surface area contributed by atoms with Gasteiger partial charge in [0, 0.05) is 6.20 Å². The maximum Gasteiger partial charge on any atom is 0.350 e. The molecule has 0 saturated carbocycles. The second kappa shape index (κ2) is 4.99. The minimum absolute atomic E-state index is 0.175. The third-order valence-electron chi connectivity index (χ3n) is 2.66. The second-order valence-corrected chi connectivity index (χ2v) is 3.98. The predicted molar refractivity (Wildman–Crippen MR) is 69.7 cm³/mol. The Morgan fingerprint density at radius 1 is 1.11 bits per heavy atom. The van der Waals surface area contributed by atoms with E-state index in [1.54, 1.807) is 12.3 Å². The van der Waals surface area contributed by atoms with Crippen molar-refractivity contribution in [3.8, 4) is 0 Å². The summed E-state index contributed by atoms with van der Waals surface area (Å²) < 4.78 is 1.39. The van der Waals surface area contributed by atoms with Crippen LogP contribution < -0.4 is 22.9 Å². The van der Waals surface area contributed by atoms with Crippen molar-refractivity contribution in [2.24, 2.45) is 11.5 Å². The van der Waals surface area contributed by atoms with E-state index in [2.05, 4.69) is 4.98 Å². The summed E-state index contributed by atoms with van der Waals surface area (Å²) in [5.74, 6) is 0.175. The Hall–Kier alpha value is -2.18. The monoisotopic (exact) mass is 245 g/mol. The molecule has 1 aromatic carbocycles. The summed E-state index contributed by atoms with van der Waals surface area (Å²) in [4.78, 5) is 15.5. The summed E-state index contributed by atoms with van der Waals surface area (Å²) in [5.41, 5.74) is 17.4. The molecule has 6 nitrogen and oxygen atoms in total. The van der Waals surface area contributed by atoms with Crippen molar-refractivity contribution in [3.05, 3.63) is 58.6 Å². The van der Waals surface area contributed by atoms with Gasteiger partial charge in [0.15, 0.2) is 0 Å². The van der Waals surface area contributed by atoms with E-state index < -0.39 is 17.9 Å². The van der Waals surface area contributed by atoms with E-state index in [1.165, 1.54) is 4.57 Å². The lowest BCUT2D eigenvalue weighted by molar-refractivity contribution is 0.462. The van der Waals surface area contributed by atoms with E-state index in [4.69, 9.17) is 17.2 Å². The first-order chi connectivity index (χ1) is 8.59. The zero-order chi connectivity index (χ0) is 13.1. The van der Waals surface area contributed by atoms with Crippen LogP contribution >= 0.6 is 0 Å². The summed E-state index contributed by atoms with van der Waals surface area (Å²) in [5, 5.41) is 0. The van der Waals surface area contributed by atoms with E-state index in [-0.39, 0.29) is 5.82 Å². The maximum absolute atomic E-state index is 11.8. The first-order valence-corrected chi connectivity index (χ1v) is 5.50. The van der Waals surface area contributed by atoms with Gasteiger partial charge in [-0.25, -0.2) is 4.79 Å². The topological polar surface area (TPSA) is 113 Å². The number of benzene rings is 1. The Bertz CT molecular complexity index is 579. The number of nitrogen functional groups attached to an aromatic ring is 1. The minimum Gasteiger partial charge on any atom is -0.383 e. The van der Waals surface area contributed by atoms with Crippen molar-refractivity contribution in [2.45, 2.75) is 12.2 Å². The highest BCUT2D eigenvalue weighted by atomic mass is 16.1. The maximum atomic E-state index is 11.8. The molecule has 18 heavy (non-hydrogen) atoms. The van der Waals surface area contributed by atoms with Crippen LogP contribution in [0.1, 0.15) is 11.6 Å². The summed E-state index contributed by atoms with van der Waals surface area (Å²) in [6.45, 7) is 0. The highest BCUT2D eigenvalue weighted by Gasteiger charge is 2.19. The molecule has 94 valence electrons. The van der Waals surface area contributed by atoms with Crippen LogP contribution in [-0.2, 0) is 0 Å². The standard InChI is InChI=1S/C12H15N5O/c13-9-6-7-17(12(18)16-9)10(11(14)15)8-4-2-1-3-5-8/h1-7,10-11H,14-15H2,(H2,13,16,18). The molecule has 1 atom stereocenters. The average Bonchev–Trinajstić information content (AvgIpc) is 2.33. The van der Waals surface area contributed by atoms with Crippen LogP contribution in [0.15, 0.2) is 47.4 Å². The van der Waals surface area contributed by atoms with Crippen molar-refractivity contribution in [1.82, 2.24) is 9.55 Å². The lowest BCUT2D eigenvalue weighted by Gasteiger charge is -2.23. The minimum atomic E-state index is -0.712. The molecule has 6 N–H and O–H groups in total. The van der Waals surface area contributed by atoms with Crippen LogP contribution in [-0.4, -0.2) is 15.7 Å². The Kier molecular flexibility index (Phi) is 3.40. The summed E-state index contributed by atoms with van der Waals surface area (Å²) in [7, 11) is 0. The SMILES string of the molecule is Nc1ccn(C(c2ccccc2)C(N)N)c(=O)n1. The van der Waals surface area contributed by atoms with E-state index in [0.29, 0.717) is 0 Å². The van der Waals surface area contributed by atoms with Gasteiger partial charge < -0.3 is 17.2 Å². The zero-order valence-corrected chi connectivity index (χ0v) is 9.73. The second-order valence-electron chi connectivity index (χ2n) is 3.98. The lowest BCUT2D eigenvalue weighted by Crippen LogP contribution is -2.44. The van der Waals surface area contributed by atoms with Gasteiger partial charge >= 0.3 is 5.69 Å². The van der Waals surface area contributed by atoms with Gasteiger partial charge in [0.1, 0.15) is 5.82 Å². The number of hydrogen-bond acceptors (Lipinski definition) is 5. The Morgan fingerprint density at radius 3 is 2.33 bits per heavy atom. The molecule has 0 spiro atoms. The van der Waals surface area contributed by atoms with Crippen LogP contribution in [0.3, 0.4) is 0 Å².